The van der Waals surface area contributed by atoms with Crippen molar-refractivity contribution >= 4 is 0 Å². The van der Waals surface area contributed by atoms with Crippen molar-refractivity contribution in [1.29, 1.82) is 0 Å². The molecule has 0 heterocycles. The van der Waals surface area contributed by atoms with E-state index in [4.69, 9.17) is 11.5 Å². The summed E-state index contributed by atoms with van der Waals surface area (Å²) in [6.45, 7) is 3.53. The van der Waals surface area contributed by atoms with Gasteiger partial charge in [0.05, 0.1) is 6.10 Å². The van der Waals surface area contributed by atoms with Gasteiger partial charge in [-0.15, -0.1) is 18.9 Å². The van der Waals surface area contributed by atoms with Crippen molar-refractivity contribution in [2.45, 2.75) is 31.8 Å². The van der Waals surface area contributed by atoms with Crippen LogP contribution < -0.4 is 0 Å². The third-order valence-electron chi connectivity index (χ3n) is 1.30. The molecule has 0 amide bonds. The molecule has 1 unspecified atom stereocenters. The molecule has 0 saturated carbocycles. The van der Waals surface area contributed by atoms with Crippen molar-refractivity contribution in [3.05, 3.63) is 12.7 Å². The highest BCUT2D eigenvalue weighted by molar-refractivity contribution is 4.83. The molecule has 1 heteroatoms. The van der Waals surface area contributed by atoms with Crippen LogP contribution in [0.2, 0.25) is 0 Å². The number of aliphatic hydroxyl groups is 1. The number of hydrogen-bond acceptors (Lipinski definition) is 1. The van der Waals surface area contributed by atoms with Crippen LogP contribution in [0.5, 0.6) is 0 Å². The highest BCUT2D eigenvalue weighted by atomic mass is 16.3. The SMILES string of the molecule is C#CCCCC(O)CC=C. The molecule has 0 aromatic carbocycles. The smallest absolute Gasteiger partial charge is 0.0574 e. The zero-order chi connectivity index (χ0) is 7.82. The molecule has 1 atom stereocenters. The lowest BCUT2D eigenvalue weighted by molar-refractivity contribution is 0.165. The van der Waals surface area contributed by atoms with Crippen LogP contribution in [0, 0.1) is 12.3 Å². The highest BCUT2D eigenvalue weighted by Crippen LogP contribution is 2.03. The lowest BCUT2D eigenvalue weighted by atomic mass is 10.1. The molecule has 0 radical (unpaired) electrons. The maximum absolute atomic E-state index is 9.14. The van der Waals surface area contributed by atoms with Gasteiger partial charge < -0.3 is 5.11 Å². The van der Waals surface area contributed by atoms with Crippen LogP contribution in [-0.4, -0.2) is 11.2 Å². The summed E-state index contributed by atoms with van der Waals surface area (Å²) in [6, 6.07) is 0. The summed E-state index contributed by atoms with van der Waals surface area (Å²) in [5.41, 5.74) is 0. The van der Waals surface area contributed by atoms with E-state index in [2.05, 4.69) is 12.5 Å². The minimum absolute atomic E-state index is 0.245. The zero-order valence-electron chi connectivity index (χ0n) is 6.21. The fraction of sp³-hybridized carbons (Fsp3) is 0.556. The van der Waals surface area contributed by atoms with E-state index in [-0.39, 0.29) is 6.10 Å². The fourth-order valence-corrected chi connectivity index (χ4v) is 0.750. The molecular weight excluding hydrogens is 124 g/mol. The standard InChI is InChI=1S/C9H14O/c1-3-5-6-8-9(10)7-4-2/h1,4,9-10H,2,5-8H2. The van der Waals surface area contributed by atoms with E-state index in [1.807, 2.05) is 0 Å². The Bertz CT molecular complexity index is 121. The minimum atomic E-state index is -0.245. The summed E-state index contributed by atoms with van der Waals surface area (Å²) < 4.78 is 0. The summed E-state index contributed by atoms with van der Waals surface area (Å²) in [5, 5.41) is 9.14. The first-order valence-corrected chi connectivity index (χ1v) is 3.53. The second kappa shape index (κ2) is 6.38. The van der Waals surface area contributed by atoms with Crippen molar-refractivity contribution in [1.82, 2.24) is 0 Å². The van der Waals surface area contributed by atoms with Crippen molar-refractivity contribution in [2.75, 3.05) is 0 Å². The summed E-state index contributed by atoms with van der Waals surface area (Å²) in [7, 11) is 0. The summed E-state index contributed by atoms with van der Waals surface area (Å²) in [5.74, 6) is 2.53. The van der Waals surface area contributed by atoms with Crippen molar-refractivity contribution in [2.24, 2.45) is 0 Å². The van der Waals surface area contributed by atoms with Crippen molar-refractivity contribution < 1.29 is 5.11 Å². The first-order valence-electron chi connectivity index (χ1n) is 3.53. The minimum Gasteiger partial charge on any atom is -0.393 e. The summed E-state index contributed by atoms with van der Waals surface area (Å²) in [4.78, 5) is 0. The third-order valence-corrected chi connectivity index (χ3v) is 1.30. The molecule has 0 aliphatic heterocycles. The Kier molecular flexibility index (Phi) is 5.91. The van der Waals surface area contributed by atoms with Crippen LogP contribution in [0.3, 0.4) is 0 Å². The van der Waals surface area contributed by atoms with Gasteiger partial charge in [0.15, 0.2) is 0 Å². The van der Waals surface area contributed by atoms with Crippen LogP contribution in [0.15, 0.2) is 12.7 Å². The van der Waals surface area contributed by atoms with Crippen LogP contribution in [0.25, 0.3) is 0 Å². The first kappa shape index (κ1) is 9.26. The maximum atomic E-state index is 9.14. The average Bonchev–Trinajstić information content (AvgIpc) is 1.89. The quantitative estimate of drug-likeness (QED) is 0.348. The van der Waals surface area contributed by atoms with Gasteiger partial charge in [0, 0.05) is 6.42 Å². The predicted molar refractivity (Wildman–Crippen MR) is 43.5 cm³/mol. The molecule has 0 saturated heterocycles. The van der Waals surface area contributed by atoms with E-state index in [0.29, 0.717) is 6.42 Å². The van der Waals surface area contributed by atoms with Crippen molar-refractivity contribution in [3.63, 3.8) is 0 Å². The topological polar surface area (TPSA) is 20.2 Å². The third kappa shape index (κ3) is 5.40. The second-order valence-corrected chi connectivity index (χ2v) is 2.27. The van der Waals surface area contributed by atoms with Gasteiger partial charge in [-0.1, -0.05) is 6.08 Å². The van der Waals surface area contributed by atoms with Gasteiger partial charge in [-0.25, -0.2) is 0 Å². The maximum Gasteiger partial charge on any atom is 0.0574 e. The largest absolute Gasteiger partial charge is 0.393 e. The highest BCUT2D eigenvalue weighted by Gasteiger charge is 1.98. The number of rotatable bonds is 5. The molecule has 0 aromatic heterocycles. The average molecular weight is 138 g/mol. The van der Waals surface area contributed by atoms with E-state index in [1.54, 1.807) is 6.08 Å². The van der Waals surface area contributed by atoms with E-state index in [1.165, 1.54) is 0 Å². The van der Waals surface area contributed by atoms with Gasteiger partial charge in [-0.2, -0.15) is 0 Å². The Morgan fingerprint density at radius 1 is 1.70 bits per heavy atom. The van der Waals surface area contributed by atoms with Gasteiger partial charge >= 0.3 is 0 Å². The molecule has 1 nitrogen and oxygen atoms in total. The van der Waals surface area contributed by atoms with Gasteiger partial charge in [-0.05, 0) is 19.3 Å². The van der Waals surface area contributed by atoms with E-state index in [9.17, 15) is 0 Å². The van der Waals surface area contributed by atoms with Gasteiger partial charge in [-0.3, -0.25) is 0 Å². The van der Waals surface area contributed by atoms with E-state index < -0.39 is 0 Å². The van der Waals surface area contributed by atoms with Crippen LogP contribution >= 0.6 is 0 Å². The second-order valence-electron chi connectivity index (χ2n) is 2.27. The Labute approximate surface area is 62.8 Å². The molecule has 0 aliphatic rings. The lowest BCUT2D eigenvalue weighted by Gasteiger charge is -2.04. The molecule has 0 rings (SSSR count). The predicted octanol–water partition coefficient (Wildman–Crippen LogP) is 1.73. The molecule has 10 heavy (non-hydrogen) atoms. The normalized spacial score (nSPS) is 12.0. The molecule has 56 valence electrons. The monoisotopic (exact) mass is 138 g/mol. The molecule has 0 aliphatic carbocycles. The number of hydrogen-bond donors (Lipinski definition) is 1. The summed E-state index contributed by atoms with van der Waals surface area (Å²) in [6.07, 6.45) is 9.64. The molecular formula is C9H14O. The molecule has 0 fully saturated rings. The Morgan fingerprint density at radius 3 is 2.90 bits per heavy atom. The van der Waals surface area contributed by atoms with Gasteiger partial charge in [0.1, 0.15) is 0 Å². The van der Waals surface area contributed by atoms with Crippen LogP contribution in [0.4, 0.5) is 0 Å². The zero-order valence-corrected chi connectivity index (χ0v) is 6.21. The van der Waals surface area contributed by atoms with Crippen LogP contribution in [-0.2, 0) is 0 Å². The van der Waals surface area contributed by atoms with Crippen molar-refractivity contribution in [3.8, 4) is 12.3 Å². The van der Waals surface area contributed by atoms with E-state index in [0.717, 1.165) is 19.3 Å². The first-order chi connectivity index (χ1) is 4.81. The molecule has 0 aromatic rings. The van der Waals surface area contributed by atoms with Crippen LogP contribution in [0.1, 0.15) is 25.7 Å². The van der Waals surface area contributed by atoms with E-state index >= 15 is 0 Å². The Hall–Kier alpha value is -0.740. The lowest BCUT2D eigenvalue weighted by Crippen LogP contribution is -2.03. The molecule has 0 spiro atoms. The number of aliphatic hydroxyl groups excluding tert-OH is 1. The van der Waals surface area contributed by atoms with Gasteiger partial charge in [0.25, 0.3) is 0 Å². The Morgan fingerprint density at radius 2 is 2.40 bits per heavy atom. The van der Waals surface area contributed by atoms with Gasteiger partial charge in [0.2, 0.25) is 0 Å². The number of unbranched alkanes of at least 4 members (excludes halogenated alkanes) is 1. The molecule has 0 bridgehead atoms. The molecule has 1 N–H and O–H groups in total. The summed E-state index contributed by atoms with van der Waals surface area (Å²) >= 11 is 0. The number of terminal acetylenes is 1. The fourth-order valence-electron chi connectivity index (χ4n) is 0.750. The Balaban J connectivity index is 3.14.